The number of aliphatic hydroxyl groups is 1. The molecule has 23 heavy (non-hydrogen) atoms. The maximum absolute atomic E-state index is 12.5. The molecular weight excluding hydrogens is 304 g/mol. The second kappa shape index (κ2) is 6.74. The molecule has 1 aliphatic rings. The van der Waals surface area contributed by atoms with Crippen molar-refractivity contribution in [1.29, 1.82) is 0 Å². The van der Waals surface area contributed by atoms with Gasteiger partial charge in [0.2, 0.25) is 5.91 Å². The van der Waals surface area contributed by atoms with Crippen LogP contribution in [0, 0.1) is 0 Å². The lowest BCUT2D eigenvalue weighted by molar-refractivity contribution is -0.146. The van der Waals surface area contributed by atoms with Crippen LogP contribution in [0.1, 0.15) is 47.5 Å². The molecule has 0 unspecified atom stereocenters. The molecule has 2 amide bonds. The van der Waals surface area contributed by atoms with Crippen LogP contribution in [0.15, 0.2) is 0 Å². The number of nitrogens with zero attached hydrogens (tertiary/aromatic N) is 1. The van der Waals surface area contributed by atoms with Gasteiger partial charge in [-0.2, -0.15) is 0 Å². The van der Waals surface area contributed by atoms with E-state index >= 15 is 0 Å². The summed E-state index contributed by atoms with van der Waals surface area (Å²) in [5.74, 6) is -1.95. The van der Waals surface area contributed by atoms with Crippen molar-refractivity contribution in [3.05, 3.63) is 0 Å². The molecule has 8 heteroatoms. The summed E-state index contributed by atoms with van der Waals surface area (Å²) in [7, 11) is 0. The predicted octanol–water partition coefficient (Wildman–Crippen LogP) is 0.726. The van der Waals surface area contributed by atoms with Crippen LogP contribution < -0.4 is 5.32 Å². The highest BCUT2D eigenvalue weighted by Gasteiger charge is 2.48. The van der Waals surface area contributed by atoms with E-state index in [2.05, 4.69) is 5.32 Å². The van der Waals surface area contributed by atoms with E-state index in [0.29, 0.717) is 19.4 Å². The fourth-order valence-corrected chi connectivity index (χ4v) is 2.49. The molecule has 0 spiro atoms. The quantitative estimate of drug-likeness (QED) is 0.699. The van der Waals surface area contributed by atoms with Gasteiger partial charge in [-0.15, -0.1) is 0 Å². The Labute approximate surface area is 135 Å². The van der Waals surface area contributed by atoms with E-state index in [1.807, 2.05) is 0 Å². The van der Waals surface area contributed by atoms with Gasteiger partial charge in [-0.25, -0.2) is 9.59 Å². The highest BCUT2D eigenvalue weighted by Crippen LogP contribution is 2.31. The van der Waals surface area contributed by atoms with Gasteiger partial charge in [0.15, 0.2) is 6.04 Å². The van der Waals surface area contributed by atoms with Crippen LogP contribution in [0.5, 0.6) is 0 Å². The van der Waals surface area contributed by atoms with Crippen LogP contribution in [0.2, 0.25) is 0 Å². The number of carboxylic acids is 1. The van der Waals surface area contributed by atoms with Gasteiger partial charge in [-0.1, -0.05) is 0 Å². The summed E-state index contributed by atoms with van der Waals surface area (Å²) in [5.41, 5.74) is -1.90. The van der Waals surface area contributed by atoms with E-state index in [-0.39, 0.29) is 0 Å². The fraction of sp³-hybridized carbons (Fsp3) is 0.800. The molecule has 0 bridgehead atoms. The Kier molecular flexibility index (Phi) is 5.63. The zero-order valence-electron chi connectivity index (χ0n) is 14.3. The monoisotopic (exact) mass is 330 g/mol. The minimum absolute atomic E-state index is 0.352. The van der Waals surface area contributed by atoms with Crippen LogP contribution in [-0.2, 0) is 14.3 Å². The minimum Gasteiger partial charge on any atom is -0.480 e. The normalized spacial score (nSPS) is 24.0. The van der Waals surface area contributed by atoms with Crippen molar-refractivity contribution in [2.45, 2.75) is 70.7 Å². The molecule has 0 aromatic carbocycles. The lowest BCUT2D eigenvalue weighted by atomic mass is 9.97. The Bertz CT molecular complexity index is 485. The molecule has 3 N–H and O–H groups in total. The third kappa shape index (κ3) is 4.57. The molecular formula is C15H26N2O6. The third-order valence-electron chi connectivity index (χ3n) is 3.78. The van der Waals surface area contributed by atoms with Crippen LogP contribution in [0.3, 0.4) is 0 Å². The average molecular weight is 330 g/mol. The number of nitrogens with one attached hydrogen (secondary N) is 1. The molecule has 1 heterocycles. The van der Waals surface area contributed by atoms with Crippen LogP contribution in [0.25, 0.3) is 0 Å². The number of carbonyl (C=O) groups is 3. The second-order valence-electron chi connectivity index (χ2n) is 7.04. The van der Waals surface area contributed by atoms with Gasteiger partial charge in [0.1, 0.15) is 11.1 Å². The van der Waals surface area contributed by atoms with Crippen molar-refractivity contribution >= 4 is 18.0 Å². The van der Waals surface area contributed by atoms with Gasteiger partial charge in [0.05, 0.1) is 6.10 Å². The zero-order valence-corrected chi connectivity index (χ0v) is 14.3. The minimum atomic E-state index is -1.43. The lowest BCUT2D eigenvalue weighted by Crippen LogP contribution is -2.60. The van der Waals surface area contributed by atoms with E-state index in [1.54, 1.807) is 27.7 Å². The number of ether oxygens (including phenoxy) is 1. The van der Waals surface area contributed by atoms with E-state index in [9.17, 15) is 19.5 Å². The SMILES string of the molecule is C[C@@H](O)[C@H](NC(=O)[C@]1(C)CCCN1C(=O)OC(C)(C)C)C(=O)O. The highest BCUT2D eigenvalue weighted by molar-refractivity contribution is 5.93. The van der Waals surface area contributed by atoms with Crippen molar-refractivity contribution in [2.24, 2.45) is 0 Å². The number of aliphatic carboxylic acids is 1. The molecule has 8 nitrogen and oxygen atoms in total. The summed E-state index contributed by atoms with van der Waals surface area (Å²) in [6, 6.07) is -1.43. The Balaban J connectivity index is 2.92. The van der Waals surface area contributed by atoms with Crippen LogP contribution in [-0.4, -0.2) is 62.9 Å². The van der Waals surface area contributed by atoms with Gasteiger partial charge < -0.3 is 20.3 Å². The number of aliphatic hydroxyl groups excluding tert-OH is 1. The smallest absolute Gasteiger partial charge is 0.411 e. The first-order valence-corrected chi connectivity index (χ1v) is 7.61. The van der Waals surface area contributed by atoms with Gasteiger partial charge in [0, 0.05) is 6.54 Å². The first-order chi connectivity index (χ1) is 10.4. The van der Waals surface area contributed by atoms with Crippen LogP contribution in [0.4, 0.5) is 4.79 Å². The number of carboxylic acid groups (broad SMARTS) is 1. The number of hydrogen-bond acceptors (Lipinski definition) is 5. The van der Waals surface area contributed by atoms with Crippen molar-refractivity contribution in [3.63, 3.8) is 0 Å². The van der Waals surface area contributed by atoms with E-state index in [0.717, 1.165) is 0 Å². The van der Waals surface area contributed by atoms with E-state index < -0.39 is 41.3 Å². The topological polar surface area (TPSA) is 116 Å². The first kappa shape index (κ1) is 19.2. The number of carbonyl (C=O) groups excluding carboxylic acids is 2. The second-order valence-corrected chi connectivity index (χ2v) is 7.04. The molecule has 0 aliphatic carbocycles. The van der Waals surface area contributed by atoms with Crippen molar-refractivity contribution in [2.75, 3.05) is 6.54 Å². The van der Waals surface area contributed by atoms with Gasteiger partial charge in [0.25, 0.3) is 0 Å². The Morgan fingerprint density at radius 1 is 1.30 bits per heavy atom. The van der Waals surface area contributed by atoms with Crippen LogP contribution >= 0.6 is 0 Å². The molecule has 1 saturated heterocycles. The molecule has 0 saturated carbocycles. The standard InChI is InChI=1S/C15H26N2O6/c1-9(18)10(11(19)20)16-12(21)15(5)7-6-8-17(15)13(22)23-14(2,3)4/h9-10,18H,6-8H2,1-5H3,(H,16,21)(H,19,20)/t9-,10+,15+/m1/s1. The third-order valence-corrected chi connectivity index (χ3v) is 3.78. The first-order valence-electron chi connectivity index (χ1n) is 7.61. The number of rotatable bonds is 4. The summed E-state index contributed by atoms with van der Waals surface area (Å²) >= 11 is 0. The van der Waals surface area contributed by atoms with E-state index in [4.69, 9.17) is 9.84 Å². The van der Waals surface area contributed by atoms with E-state index in [1.165, 1.54) is 11.8 Å². The Hall–Kier alpha value is -1.83. The Morgan fingerprint density at radius 3 is 2.30 bits per heavy atom. The number of hydrogen-bond donors (Lipinski definition) is 3. The maximum atomic E-state index is 12.5. The zero-order chi connectivity index (χ0) is 18.0. The summed E-state index contributed by atoms with van der Waals surface area (Å²) < 4.78 is 5.31. The summed E-state index contributed by atoms with van der Waals surface area (Å²) in [5, 5.41) is 20.9. The molecule has 1 aliphatic heterocycles. The average Bonchev–Trinajstić information content (AvgIpc) is 2.76. The Morgan fingerprint density at radius 2 is 1.87 bits per heavy atom. The van der Waals surface area contributed by atoms with Crippen molar-refractivity contribution < 1.29 is 29.3 Å². The summed E-state index contributed by atoms with van der Waals surface area (Å²) in [4.78, 5) is 37.3. The maximum Gasteiger partial charge on any atom is 0.411 e. The molecule has 0 radical (unpaired) electrons. The predicted molar refractivity (Wildman–Crippen MR) is 81.8 cm³/mol. The largest absolute Gasteiger partial charge is 0.480 e. The molecule has 0 aromatic heterocycles. The van der Waals surface area contributed by atoms with Gasteiger partial charge >= 0.3 is 12.1 Å². The highest BCUT2D eigenvalue weighted by atomic mass is 16.6. The summed E-state index contributed by atoms with van der Waals surface area (Å²) in [6.07, 6.45) is -0.868. The number of amides is 2. The molecule has 0 aromatic rings. The number of likely N-dealkylation sites (tertiary alicyclic amines) is 1. The molecule has 132 valence electrons. The van der Waals surface area contributed by atoms with Gasteiger partial charge in [-0.05, 0) is 47.5 Å². The lowest BCUT2D eigenvalue weighted by Gasteiger charge is -2.36. The molecule has 1 rings (SSSR count). The van der Waals surface area contributed by atoms with Crippen molar-refractivity contribution in [1.82, 2.24) is 10.2 Å². The van der Waals surface area contributed by atoms with Crippen molar-refractivity contribution in [3.8, 4) is 0 Å². The fourth-order valence-electron chi connectivity index (χ4n) is 2.49. The molecule has 1 fully saturated rings. The van der Waals surface area contributed by atoms with Gasteiger partial charge in [-0.3, -0.25) is 9.69 Å². The summed E-state index contributed by atoms with van der Waals surface area (Å²) in [6.45, 7) is 8.39. The molecule has 3 atom stereocenters.